The van der Waals surface area contributed by atoms with Gasteiger partial charge in [0.15, 0.2) is 15.6 Å². The number of hydrogen-bond donors (Lipinski definition) is 2. The highest BCUT2D eigenvalue weighted by Gasteiger charge is 2.71. The van der Waals surface area contributed by atoms with Crippen molar-refractivity contribution in [3.8, 4) is 5.69 Å². The number of hydrogen-bond acceptors (Lipinski definition) is 8. The molecule has 8 atom stereocenters. The molecule has 1 aliphatic heterocycles. The number of aliphatic carboxylic acids is 1. The van der Waals surface area contributed by atoms with Crippen molar-refractivity contribution < 1.29 is 37.8 Å². The first-order chi connectivity index (χ1) is 22.2. The number of benzene rings is 1. The van der Waals surface area contributed by atoms with Crippen LogP contribution in [-0.2, 0) is 30.6 Å². The number of carboxylic acid groups (broad SMARTS) is 1. The first-order valence-electron chi connectivity index (χ1n) is 17.0. The van der Waals surface area contributed by atoms with Crippen LogP contribution in [0.5, 0.6) is 0 Å². The summed E-state index contributed by atoms with van der Waals surface area (Å²) in [5, 5.41) is 27.1. The fraction of sp³-hybridized carbons (Fsp3) is 0.611. The fourth-order valence-corrected chi connectivity index (χ4v) is 12.3. The van der Waals surface area contributed by atoms with E-state index in [1.807, 2.05) is 36.0 Å². The minimum Gasteiger partial charge on any atom is -0.478 e. The number of aliphatic hydroxyl groups is 1. The largest absolute Gasteiger partial charge is 0.478 e. The number of allylic oxidation sites excluding steroid dienone is 1. The summed E-state index contributed by atoms with van der Waals surface area (Å²) in [5.41, 5.74) is 1.68. The molecule has 1 saturated heterocycles. The van der Waals surface area contributed by atoms with E-state index in [4.69, 9.17) is 9.84 Å². The van der Waals surface area contributed by atoms with E-state index < -0.39 is 38.9 Å². The van der Waals surface area contributed by atoms with Crippen molar-refractivity contribution in [2.75, 3.05) is 11.5 Å². The molecule has 7 rings (SSSR count). The maximum absolute atomic E-state index is 13.1. The number of carboxylic acids is 1. The second-order valence-corrected chi connectivity index (χ2v) is 17.4. The summed E-state index contributed by atoms with van der Waals surface area (Å²) >= 11 is 0. The number of sulfone groups is 1. The van der Waals surface area contributed by atoms with Crippen LogP contribution in [0.25, 0.3) is 11.8 Å². The van der Waals surface area contributed by atoms with Crippen LogP contribution < -0.4 is 0 Å². The Kier molecular flexibility index (Phi) is 7.63. The number of rotatable bonds is 7. The number of aromatic nitrogens is 2. The van der Waals surface area contributed by atoms with Gasteiger partial charge in [0.1, 0.15) is 0 Å². The summed E-state index contributed by atoms with van der Waals surface area (Å²) in [6, 6.07) is 7.35. The molecule has 2 N–H and O–H groups in total. The number of carbonyl (C=O) groups is 3. The SMILES string of the molecule is CCC(=O)O[C@]1(C(=O)O)CC[C@H]2[C@@H]3CCC4=Cc5c(cnn5-c5cccc(C(=O)CC6CCS(=O)(=O)C6)c5)C[C@]4(C)[C@H]3[C@@H](O)C[C@@]21C. The van der Waals surface area contributed by atoms with Crippen molar-refractivity contribution in [3.05, 3.63) is 52.9 Å². The molecule has 252 valence electrons. The Morgan fingerprint density at radius 3 is 2.64 bits per heavy atom. The van der Waals surface area contributed by atoms with Gasteiger partial charge in [0, 0.05) is 23.8 Å². The molecule has 2 heterocycles. The van der Waals surface area contributed by atoms with Crippen molar-refractivity contribution in [1.29, 1.82) is 0 Å². The number of aliphatic hydroxyl groups excluding tert-OH is 1. The van der Waals surface area contributed by atoms with Gasteiger partial charge in [0.05, 0.1) is 35.2 Å². The Hall–Kier alpha value is -3.31. The molecule has 0 amide bonds. The van der Waals surface area contributed by atoms with E-state index in [1.165, 1.54) is 5.57 Å². The Balaban J connectivity index is 1.16. The maximum Gasteiger partial charge on any atom is 0.348 e. The third-order valence-corrected chi connectivity index (χ3v) is 14.5. The lowest BCUT2D eigenvalue weighted by molar-refractivity contribution is -0.210. The molecule has 0 spiro atoms. The van der Waals surface area contributed by atoms with Gasteiger partial charge in [-0.3, -0.25) is 9.59 Å². The van der Waals surface area contributed by atoms with Crippen molar-refractivity contribution in [1.82, 2.24) is 9.78 Å². The Morgan fingerprint density at radius 2 is 1.94 bits per heavy atom. The maximum atomic E-state index is 13.1. The van der Waals surface area contributed by atoms with Crippen molar-refractivity contribution in [3.63, 3.8) is 0 Å². The summed E-state index contributed by atoms with van der Waals surface area (Å²) < 4.78 is 31.4. The number of nitrogens with zero attached hydrogens (tertiary/aromatic N) is 2. The van der Waals surface area contributed by atoms with Crippen LogP contribution in [0.3, 0.4) is 0 Å². The van der Waals surface area contributed by atoms with Crippen LogP contribution in [0.2, 0.25) is 0 Å². The van der Waals surface area contributed by atoms with Gasteiger partial charge >= 0.3 is 11.9 Å². The van der Waals surface area contributed by atoms with E-state index in [0.29, 0.717) is 24.8 Å². The molecule has 3 saturated carbocycles. The number of carbonyl (C=O) groups excluding carboxylic acids is 2. The number of esters is 1. The van der Waals surface area contributed by atoms with Crippen molar-refractivity contribution in [2.45, 2.75) is 90.3 Å². The Bertz CT molecular complexity index is 1800. The minimum absolute atomic E-state index is 0.00349. The Labute approximate surface area is 275 Å². The van der Waals surface area contributed by atoms with Crippen molar-refractivity contribution in [2.24, 2.45) is 34.5 Å². The third-order valence-electron chi connectivity index (χ3n) is 12.7. The van der Waals surface area contributed by atoms with E-state index in [0.717, 1.165) is 29.8 Å². The summed E-state index contributed by atoms with van der Waals surface area (Å²) in [6.07, 6.45) is 7.57. The molecular formula is C36H44N2O8S. The van der Waals surface area contributed by atoms with Gasteiger partial charge in [-0.05, 0) is 97.8 Å². The fourth-order valence-electron chi connectivity index (χ4n) is 10.4. The zero-order valence-corrected chi connectivity index (χ0v) is 28.1. The van der Waals surface area contributed by atoms with Crippen LogP contribution in [0, 0.1) is 34.5 Å². The van der Waals surface area contributed by atoms with E-state index in [2.05, 4.69) is 13.0 Å². The highest BCUT2D eigenvalue weighted by molar-refractivity contribution is 7.91. The van der Waals surface area contributed by atoms with Gasteiger partial charge in [-0.25, -0.2) is 17.9 Å². The standard InChI is InChI=1S/C36H44N2O8S/c1-4-31(41)46-36(33(42)43)12-10-27-26-9-8-24-16-28-23(17-34(24,2)32(26)30(40)18-35(27,36)3)19-37-38(28)25-7-5-6-22(15-25)29(39)14-21-11-13-47(44,45)20-21/h5-7,15-16,19,21,26-27,30,32,40H,4,8-14,17-18,20H2,1-3H3,(H,42,43)/t21?,26-,27-,30-,32+,34-,35-,36-/m0/s1. The number of fused-ring (bicyclic) bond motifs is 6. The molecular weight excluding hydrogens is 620 g/mol. The molecule has 47 heavy (non-hydrogen) atoms. The normalized spacial score (nSPS) is 36.8. The number of ketones is 1. The second-order valence-electron chi connectivity index (χ2n) is 15.2. The predicted molar refractivity (Wildman–Crippen MR) is 173 cm³/mol. The summed E-state index contributed by atoms with van der Waals surface area (Å²) in [7, 11) is -3.05. The molecule has 1 aromatic heterocycles. The van der Waals surface area contributed by atoms with Gasteiger partial charge in [-0.1, -0.05) is 38.5 Å². The summed E-state index contributed by atoms with van der Waals surface area (Å²) in [4.78, 5) is 38.4. The highest BCUT2D eigenvalue weighted by Crippen LogP contribution is 2.68. The van der Waals surface area contributed by atoms with E-state index in [-0.39, 0.29) is 72.1 Å². The van der Waals surface area contributed by atoms with E-state index >= 15 is 0 Å². The molecule has 5 aliphatic rings. The van der Waals surface area contributed by atoms with E-state index in [9.17, 15) is 33.0 Å². The quantitative estimate of drug-likeness (QED) is 0.314. The van der Waals surface area contributed by atoms with Gasteiger partial charge in [0.25, 0.3) is 0 Å². The van der Waals surface area contributed by atoms with Gasteiger partial charge in [-0.15, -0.1) is 0 Å². The lowest BCUT2D eigenvalue weighted by Crippen LogP contribution is -2.63. The van der Waals surface area contributed by atoms with Gasteiger partial charge < -0.3 is 14.9 Å². The molecule has 11 heteroatoms. The second kappa shape index (κ2) is 11.1. The number of ether oxygens (including phenoxy) is 1. The third kappa shape index (κ3) is 4.93. The molecule has 0 bridgehead atoms. The average molecular weight is 665 g/mol. The first kappa shape index (κ1) is 32.2. The molecule has 4 aliphatic carbocycles. The molecule has 2 aromatic rings. The molecule has 10 nitrogen and oxygen atoms in total. The van der Waals surface area contributed by atoms with E-state index in [1.54, 1.807) is 13.0 Å². The molecule has 0 radical (unpaired) electrons. The molecule has 4 fully saturated rings. The average Bonchev–Trinajstić information content (AvgIpc) is 3.67. The van der Waals surface area contributed by atoms with Crippen molar-refractivity contribution >= 4 is 33.6 Å². The molecule has 1 unspecified atom stereocenters. The lowest BCUT2D eigenvalue weighted by Gasteiger charge is -2.60. The molecule has 1 aromatic carbocycles. The zero-order valence-electron chi connectivity index (χ0n) is 27.3. The number of Topliss-reactive ketones (excluding diaryl/α,β-unsaturated/α-hetero) is 1. The monoisotopic (exact) mass is 664 g/mol. The predicted octanol–water partition coefficient (Wildman–Crippen LogP) is 4.81. The zero-order chi connectivity index (χ0) is 33.5. The van der Waals surface area contributed by atoms with Gasteiger partial charge in [-0.2, -0.15) is 5.10 Å². The van der Waals surface area contributed by atoms with Crippen LogP contribution in [-0.4, -0.2) is 69.3 Å². The van der Waals surface area contributed by atoms with Crippen LogP contribution >= 0.6 is 0 Å². The summed E-state index contributed by atoms with van der Waals surface area (Å²) in [6.45, 7) is 5.80. The topological polar surface area (TPSA) is 153 Å². The Morgan fingerprint density at radius 1 is 1.15 bits per heavy atom. The highest BCUT2D eigenvalue weighted by atomic mass is 32.2. The van der Waals surface area contributed by atoms with Gasteiger partial charge in [0.2, 0.25) is 5.60 Å². The summed E-state index contributed by atoms with van der Waals surface area (Å²) in [5.74, 6) is -1.63. The first-order valence-corrected chi connectivity index (χ1v) is 18.8. The van der Waals surface area contributed by atoms with Crippen LogP contribution in [0.4, 0.5) is 0 Å². The minimum atomic E-state index is -3.05. The van der Waals surface area contributed by atoms with Crippen LogP contribution in [0.15, 0.2) is 36.0 Å². The smallest absolute Gasteiger partial charge is 0.348 e. The lowest BCUT2D eigenvalue weighted by atomic mass is 9.45. The van der Waals surface area contributed by atoms with Crippen LogP contribution in [0.1, 0.15) is 93.8 Å².